The fourth-order valence-electron chi connectivity index (χ4n) is 3.62. The molecule has 0 spiro atoms. The number of aliphatic hydroxyl groups is 1. The summed E-state index contributed by atoms with van der Waals surface area (Å²) >= 11 is 0. The summed E-state index contributed by atoms with van der Waals surface area (Å²) in [6.07, 6.45) is 4.29. The molecule has 2 aliphatic rings. The van der Waals surface area contributed by atoms with Gasteiger partial charge in [-0.1, -0.05) is 12.8 Å². The number of aryl methyl sites for hydroxylation is 1. The first-order valence-electron chi connectivity index (χ1n) is 8.42. The molecule has 2 heterocycles. The van der Waals surface area contributed by atoms with E-state index in [-0.39, 0.29) is 31.6 Å². The summed E-state index contributed by atoms with van der Waals surface area (Å²) in [5, 5.41) is 15.2. The lowest BCUT2D eigenvalue weighted by Gasteiger charge is -2.36. The van der Waals surface area contributed by atoms with E-state index >= 15 is 0 Å². The average Bonchev–Trinajstić information content (AvgIpc) is 3.18. The van der Waals surface area contributed by atoms with Crippen molar-refractivity contribution in [3.8, 4) is 0 Å². The summed E-state index contributed by atoms with van der Waals surface area (Å²) in [6.45, 7) is 0. The number of halogens is 2. The molecule has 1 aromatic rings. The van der Waals surface area contributed by atoms with Crippen LogP contribution in [0, 0.1) is 0 Å². The summed E-state index contributed by atoms with van der Waals surface area (Å²) in [4.78, 5) is 28.1. The van der Waals surface area contributed by atoms with Gasteiger partial charge in [0.1, 0.15) is 17.5 Å². The van der Waals surface area contributed by atoms with Crippen molar-refractivity contribution in [2.24, 2.45) is 7.05 Å². The third-order valence-electron chi connectivity index (χ3n) is 5.15. The molecule has 2 fully saturated rings. The molecule has 2 atom stereocenters. The fraction of sp³-hybridized carbons (Fsp3) is 0.688. The largest absolute Gasteiger partial charge is 0.383 e. The van der Waals surface area contributed by atoms with Crippen molar-refractivity contribution in [2.45, 2.75) is 62.1 Å². The van der Waals surface area contributed by atoms with Gasteiger partial charge < -0.3 is 20.3 Å². The molecule has 1 saturated heterocycles. The van der Waals surface area contributed by atoms with Gasteiger partial charge in [0, 0.05) is 25.9 Å². The summed E-state index contributed by atoms with van der Waals surface area (Å²) in [7, 11) is 1.72. The molecule has 1 aromatic heterocycles. The van der Waals surface area contributed by atoms with E-state index in [9.17, 15) is 23.5 Å². The Balaban J connectivity index is 1.78. The van der Waals surface area contributed by atoms with Crippen LogP contribution in [0.1, 0.15) is 50.4 Å². The summed E-state index contributed by atoms with van der Waals surface area (Å²) in [6, 6.07) is -1.42. The van der Waals surface area contributed by atoms with Gasteiger partial charge in [-0.15, -0.1) is 0 Å². The predicted octanol–water partition coefficient (Wildman–Crippen LogP) is 0.796. The standard InChI is InChI=1S/C16H22F2N4O3/c1-22-9-8-19-13(22)12-10(4-5-11(23)21-12)20-14(24)16(17,18)15(25)6-2-3-7-15/h8-10,12,25H,2-7H2,1H3,(H,20,24)(H,21,23)/t10-,12-/m1/s1. The second-order valence-electron chi connectivity index (χ2n) is 6.87. The van der Waals surface area contributed by atoms with Crippen LogP contribution in [-0.4, -0.2) is 44.0 Å². The zero-order chi connectivity index (χ0) is 18.2. The van der Waals surface area contributed by atoms with Gasteiger partial charge in [-0.2, -0.15) is 8.78 Å². The number of nitrogens with one attached hydrogen (secondary N) is 2. The van der Waals surface area contributed by atoms with Gasteiger partial charge in [0.25, 0.3) is 5.91 Å². The van der Waals surface area contributed by atoms with Gasteiger partial charge in [0.2, 0.25) is 5.91 Å². The van der Waals surface area contributed by atoms with Gasteiger partial charge in [-0.3, -0.25) is 9.59 Å². The molecule has 0 bridgehead atoms. The SMILES string of the molecule is Cn1ccnc1[C@@H]1NC(=O)CC[C@H]1NC(=O)C(F)(F)C1(O)CCCC1. The lowest BCUT2D eigenvalue weighted by molar-refractivity contribution is -0.191. The Kier molecular flexibility index (Phi) is 4.52. The molecule has 138 valence electrons. The summed E-state index contributed by atoms with van der Waals surface area (Å²) in [5.41, 5.74) is -2.30. The molecular formula is C16H22F2N4O3. The number of hydrogen-bond donors (Lipinski definition) is 3. The Morgan fingerprint density at radius 2 is 2.16 bits per heavy atom. The quantitative estimate of drug-likeness (QED) is 0.743. The lowest BCUT2D eigenvalue weighted by atomic mass is 9.91. The van der Waals surface area contributed by atoms with E-state index in [0.29, 0.717) is 18.7 Å². The molecule has 1 aliphatic heterocycles. The van der Waals surface area contributed by atoms with Crippen molar-refractivity contribution in [2.75, 3.05) is 0 Å². The van der Waals surface area contributed by atoms with Crippen LogP contribution < -0.4 is 10.6 Å². The number of alkyl halides is 2. The van der Waals surface area contributed by atoms with Gasteiger partial charge >= 0.3 is 5.92 Å². The van der Waals surface area contributed by atoms with Crippen LogP contribution in [0.25, 0.3) is 0 Å². The molecule has 2 amide bonds. The normalized spacial score (nSPS) is 26.3. The maximum absolute atomic E-state index is 14.5. The number of amides is 2. The van der Waals surface area contributed by atoms with Crippen LogP contribution >= 0.6 is 0 Å². The van der Waals surface area contributed by atoms with E-state index in [2.05, 4.69) is 15.6 Å². The topological polar surface area (TPSA) is 96.3 Å². The van der Waals surface area contributed by atoms with Gasteiger partial charge in [0.15, 0.2) is 0 Å². The molecule has 1 aliphatic carbocycles. The van der Waals surface area contributed by atoms with E-state index in [0.717, 1.165) is 0 Å². The molecular weight excluding hydrogens is 334 g/mol. The third kappa shape index (κ3) is 3.12. The maximum atomic E-state index is 14.5. The minimum absolute atomic E-state index is 0.0996. The minimum atomic E-state index is -3.88. The molecule has 9 heteroatoms. The van der Waals surface area contributed by atoms with E-state index < -0.39 is 29.5 Å². The highest BCUT2D eigenvalue weighted by Crippen LogP contribution is 2.42. The second kappa shape index (κ2) is 6.36. The number of hydrogen-bond acceptors (Lipinski definition) is 4. The molecule has 1 saturated carbocycles. The third-order valence-corrected chi connectivity index (χ3v) is 5.15. The van der Waals surface area contributed by atoms with Crippen LogP contribution in [-0.2, 0) is 16.6 Å². The summed E-state index contributed by atoms with van der Waals surface area (Å²) < 4.78 is 30.7. The number of rotatable bonds is 4. The Morgan fingerprint density at radius 3 is 2.76 bits per heavy atom. The molecule has 3 rings (SSSR count). The van der Waals surface area contributed by atoms with E-state index in [1.807, 2.05) is 0 Å². The van der Waals surface area contributed by atoms with E-state index in [4.69, 9.17) is 0 Å². The zero-order valence-electron chi connectivity index (χ0n) is 14.0. The van der Waals surface area contributed by atoms with Crippen molar-refractivity contribution >= 4 is 11.8 Å². The maximum Gasteiger partial charge on any atom is 0.352 e. The van der Waals surface area contributed by atoms with Crippen LogP contribution in [0.3, 0.4) is 0 Å². The van der Waals surface area contributed by atoms with Crippen LogP contribution in [0.2, 0.25) is 0 Å². The number of nitrogens with zero attached hydrogens (tertiary/aromatic N) is 2. The highest BCUT2D eigenvalue weighted by molar-refractivity contribution is 5.86. The molecule has 25 heavy (non-hydrogen) atoms. The van der Waals surface area contributed by atoms with Gasteiger partial charge in [-0.05, 0) is 19.3 Å². The number of carbonyl (C=O) groups is 2. The first-order valence-corrected chi connectivity index (χ1v) is 8.42. The first kappa shape index (κ1) is 17.8. The van der Waals surface area contributed by atoms with Gasteiger partial charge in [0.05, 0.1) is 6.04 Å². The molecule has 0 unspecified atom stereocenters. The Hall–Kier alpha value is -2.03. The summed E-state index contributed by atoms with van der Waals surface area (Å²) in [5.74, 6) is -5.13. The van der Waals surface area contributed by atoms with Crippen molar-refractivity contribution < 1.29 is 23.5 Å². The van der Waals surface area contributed by atoms with Crippen LogP contribution in [0.15, 0.2) is 12.4 Å². The number of carbonyl (C=O) groups excluding carboxylic acids is 2. The van der Waals surface area contributed by atoms with Gasteiger partial charge in [-0.25, -0.2) is 4.98 Å². The number of aromatic nitrogens is 2. The van der Waals surface area contributed by atoms with Crippen molar-refractivity contribution in [3.63, 3.8) is 0 Å². The van der Waals surface area contributed by atoms with E-state index in [1.54, 1.807) is 17.8 Å². The highest BCUT2D eigenvalue weighted by Gasteiger charge is 2.59. The van der Waals surface area contributed by atoms with Crippen LogP contribution in [0.4, 0.5) is 8.78 Å². The van der Waals surface area contributed by atoms with Crippen LogP contribution in [0.5, 0.6) is 0 Å². The monoisotopic (exact) mass is 356 g/mol. The molecule has 0 radical (unpaired) electrons. The smallest absolute Gasteiger partial charge is 0.352 e. The molecule has 7 nitrogen and oxygen atoms in total. The predicted molar refractivity (Wildman–Crippen MR) is 83.6 cm³/mol. The van der Waals surface area contributed by atoms with Crippen molar-refractivity contribution in [1.82, 2.24) is 20.2 Å². The molecule has 0 aromatic carbocycles. The highest BCUT2D eigenvalue weighted by atomic mass is 19.3. The number of imidazole rings is 1. The second-order valence-corrected chi connectivity index (χ2v) is 6.87. The molecule has 3 N–H and O–H groups in total. The van der Waals surface area contributed by atoms with E-state index in [1.165, 1.54) is 6.20 Å². The first-order chi connectivity index (χ1) is 11.7. The van der Waals surface area contributed by atoms with Crippen molar-refractivity contribution in [1.29, 1.82) is 0 Å². The van der Waals surface area contributed by atoms with Crippen molar-refractivity contribution in [3.05, 3.63) is 18.2 Å². The Bertz CT molecular complexity index is 670. The average molecular weight is 356 g/mol. The fourth-order valence-corrected chi connectivity index (χ4v) is 3.62. The zero-order valence-corrected chi connectivity index (χ0v) is 14.0. The Labute approximate surface area is 143 Å². The Morgan fingerprint density at radius 1 is 1.48 bits per heavy atom. The minimum Gasteiger partial charge on any atom is -0.383 e. The number of piperidine rings is 1. The lowest BCUT2D eigenvalue weighted by Crippen LogP contribution is -2.60.